The van der Waals surface area contributed by atoms with Gasteiger partial charge in [0.1, 0.15) is 5.76 Å². The first-order valence-corrected chi connectivity index (χ1v) is 4.94. The molecule has 2 rings (SSSR count). The first-order valence-electron chi connectivity index (χ1n) is 4.15. The minimum atomic E-state index is -0.114. The number of rotatable bonds is 0. The number of nitrogens with zero attached hydrogens (tertiary/aromatic N) is 1. The number of halogens is 1. The minimum Gasteiger partial charge on any atom is -0.452 e. The highest BCUT2D eigenvalue weighted by Gasteiger charge is 2.27. The van der Waals surface area contributed by atoms with Crippen molar-refractivity contribution in [3.8, 4) is 0 Å². The molecule has 0 radical (unpaired) electrons. The van der Waals surface area contributed by atoms with Crippen molar-refractivity contribution in [2.24, 2.45) is 0 Å². The average molecular weight is 258 g/mol. The largest absolute Gasteiger partial charge is 0.452 e. The molecule has 74 valence electrons. The monoisotopic (exact) mass is 257 g/mol. The van der Waals surface area contributed by atoms with E-state index in [2.05, 4.69) is 15.9 Å². The molecule has 1 aromatic heterocycles. The summed E-state index contributed by atoms with van der Waals surface area (Å²) in [6.45, 7) is 1.96. The van der Waals surface area contributed by atoms with E-state index in [0.29, 0.717) is 22.5 Å². The lowest BCUT2D eigenvalue weighted by Crippen LogP contribution is -2.37. The molecule has 0 aromatic carbocycles. The molecule has 1 amide bonds. The van der Waals surface area contributed by atoms with Gasteiger partial charge in [-0.1, -0.05) is 0 Å². The number of ketones is 1. The molecule has 1 aromatic rings. The van der Waals surface area contributed by atoms with Gasteiger partial charge >= 0.3 is 0 Å². The number of carbonyl (C=O) groups excluding carboxylic acids is 2. The van der Waals surface area contributed by atoms with E-state index in [0.717, 1.165) is 0 Å². The van der Waals surface area contributed by atoms with Gasteiger partial charge < -0.3 is 9.32 Å². The van der Waals surface area contributed by atoms with Crippen molar-refractivity contribution in [2.45, 2.75) is 13.5 Å². The van der Waals surface area contributed by atoms with Crippen LogP contribution in [-0.4, -0.2) is 23.1 Å². The van der Waals surface area contributed by atoms with Gasteiger partial charge in [-0.2, -0.15) is 0 Å². The molecular weight excluding hydrogens is 250 g/mol. The van der Waals surface area contributed by atoms with Crippen LogP contribution in [0.5, 0.6) is 0 Å². The maximum atomic E-state index is 11.5. The van der Waals surface area contributed by atoms with E-state index in [1.54, 1.807) is 6.07 Å². The Morgan fingerprint density at radius 3 is 2.93 bits per heavy atom. The van der Waals surface area contributed by atoms with Gasteiger partial charge in [0.15, 0.2) is 10.5 Å². The number of carbonyl (C=O) groups is 2. The highest BCUT2D eigenvalue weighted by atomic mass is 79.9. The van der Waals surface area contributed by atoms with Crippen LogP contribution in [0.4, 0.5) is 0 Å². The quantitative estimate of drug-likeness (QED) is 0.710. The van der Waals surface area contributed by atoms with E-state index in [4.69, 9.17) is 4.42 Å². The smallest absolute Gasteiger partial charge is 0.220 e. The van der Waals surface area contributed by atoms with Crippen LogP contribution in [0.3, 0.4) is 0 Å². The second kappa shape index (κ2) is 3.24. The first kappa shape index (κ1) is 9.45. The molecule has 0 fully saturated rings. The Morgan fingerprint density at radius 2 is 2.29 bits per heavy atom. The van der Waals surface area contributed by atoms with Crippen LogP contribution >= 0.6 is 15.9 Å². The Balaban J connectivity index is 2.37. The van der Waals surface area contributed by atoms with Gasteiger partial charge in [0.2, 0.25) is 5.91 Å². The number of Topliss-reactive ketones (excluding diaryl/α,β-unsaturated/α-hetero) is 1. The summed E-state index contributed by atoms with van der Waals surface area (Å²) >= 11 is 3.15. The molecule has 2 heterocycles. The van der Waals surface area contributed by atoms with Crippen molar-refractivity contribution in [3.05, 3.63) is 22.1 Å². The number of hydrogen-bond acceptors (Lipinski definition) is 3. The third-order valence-corrected chi connectivity index (χ3v) is 2.58. The molecule has 1 aliphatic rings. The highest BCUT2D eigenvalue weighted by Crippen LogP contribution is 2.25. The molecule has 0 saturated carbocycles. The minimum absolute atomic E-state index is 0.0732. The topological polar surface area (TPSA) is 50.5 Å². The van der Waals surface area contributed by atoms with Gasteiger partial charge in [0.25, 0.3) is 0 Å². The second-order valence-electron chi connectivity index (χ2n) is 3.19. The molecule has 0 bridgehead atoms. The van der Waals surface area contributed by atoms with Crippen molar-refractivity contribution in [1.82, 2.24) is 4.90 Å². The summed E-state index contributed by atoms with van der Waals surface area (Å²) in [6, 6.07) is 1.65. The molecule has 0 spiro atoms. The number of amides is 1. The van der Waals surface area contributed by atoms with Gasteiger partial charge in [-0.25, -0.2) is 0 Å². The van der Waals surface area contributed by atoms with Gasteiger partial charge in [-0.05, 0) is 15.9 Å². The summed E-state index contributed by atoms with van der Waals surface area (Å²) in [5, 5.41) is 0. The summed E-state index contributed by atoms with van der Waals surface area (Å²) in [4.78, 5) is 24.1. The van der Waals surface area contributed by atoms with Crippen LogP contribution in [0.1, 0.15) is 23.0 Å². The molecule has 0 aliphatic carbocycles. The van der Waals surface area contributed by atoms with Crippen molar-refractivity contribution < 1.29 is 14.0 Å². The predicted molar refractivity (Wildman–Crippen MR) is 51.8 cm³/mol. The Labute approximate surface area is 89.0 Å². The van der Waals surface area contributed by atoms with Crippen molar-refractivity contribution >= 4 is 27.6 Å². The molecule has 0 atom stereocenters. The van der Waals surface area contributed by atoms with Crippen LogP contribution in [0, 0.1) is 0 Å². The van der Waals surface area contributed by atoms with Crippen molar-refractivity contribution in [2.75, 3.05) is 6.54 Å². The van der Waals surface area contributed by atoms with Gasteiger partial charge in [-0.3, -0.25) is 9.59 Å². The average Bonchev–Trinajstić information content (AvgIpc) is 2.45. The van der Waals surface area contributed by atoms with E-state index < -0.39 is 0 Å². The zero-order valence-electron chi connectivity index (χ0n) is 7.54. The summed E-state index contributed by atoms with van der Waals surface area (Å²) in [5.41, 5.74) is 0.578. The summed E-state index contributed by atoms with van der Waals surface area (Å²) < 4.78 is 5.79. The first-order chi connectivity index (χ1) is 6.58. The van der Waals surface area contributed by atoms with E-state index in [-0.39, 0.29) is 18.2 Å². The van der Waals surface area contributed by atoms with Crippen LogP contribution in [0.2, 0.25) is 0 Å². The maximum Gasteiger partial charge on any atom is 0.220 e. The number of fused-ring (bicyclic) bond motifs is 1. The fourth-order valence-corrected chi connectivity index (χ4v) is 1.88. The van der Waals surface area contributed by atoms with E-state index >= 15 is 0 Å². The fourth-order valence-electron chi connectivity index (χ4n) is 1.46. The van der Waals surface area contributed by atoms with Crippen molar-refractivity contribution in [3.63, 3.8) is 0 Å². The van der Waals surface area contributed by atoms with Gasteiger partial charge in [0.05, 0.1) is 18.7 Å². The zero-order valence-corrected chi connectivity index (χ0v) is 9.13. The summed E-state index contributed by atoms with van der Waals surface area (Å²) in [7, 11) is 0. The predicted octanol–water partition coefficient (Wildman–Crippen LogP) is 1.59. The van der Waals surface area contributed by atoms with E-state index in [9.17, 15) is 9.59 Å². The van der Waals surface area contributed by atoms with Crippen LogP contribution in [0.25, 0.3) is 0 Å². The molecule has 0 unspecified atom stereocenters. The van der Waals surface area contributed by atoms with Crippen LogP contribution in [0.15, 0.2) is 15.2 Å². The highest BCUT2D eigenvalue weighted by molar-refractivity contribution is 9.10. The Bertz CT molecular complexity index is 410. The maximum absolute atomic E-state index is 11.5. The number of hydrogen-bond donors (Lipinski definition) is 0. The Morgan fingerprint density at radius 1 is 1.57 bits per heavy atom. The normalized spacial score (nSPS) is 15.6. The Hall–Kier alpha value is -1.10. The lowest BCUT2D eigenvalue weighted by atomic mass is 10.1. The molecule has 5 heteroatoms. The molecule has 0 saturated heterocycles. The molecule has 14 heavy (non-hydrogen) atoms. The molecule has 4 nitrogen and oxygen atoms in total. The Kier molecular flexibility index (Phi) is 2.19. The molecule has 1 aliphatic heterocycles. The zero-order chi connectivity index (χ0) is 10.3. The molecular formula is C9H8BrNO3. The van der Waals surface area contributed by atoms with Gasteiger partial charge in [0, 0.05) is 13.0 Å². The molecule has 0 N–H and O–H groups in total. The van der Waals surface area contributed by atoms with Gasteiger partial charge in [-0.15, -0.1) is 0 Å². The van der Waals surface area contributed by atoms with Crippen LogP contribution in [-0.2, 0) is 11.3 Å². The standard InChI is InChI=1S/C9H8BrNO3/c1-5(12)11-3-7(13)6-2-9(10)14-8(6)4-11/h2H,3-4H2,1H3. The second-order valence-corrected chi connectivity index (χ2v) is 3.97. The van der Waals surface area contributed by atoms with E-state index in [1.807, 2.05) is 0 Å². The lowest BCUT2D eigenvalue weighted by molar-refractivity contribution is -0.129. The van der Waals surface area contributed by atoms with Crippen LogP contribution < -0.4 is 0 Å². The fraction of sp³-hybridized carbons (Fsp3) is 0.333. The summed E-state index contributed by atoms with van der Waals surface area (Å²) in [5.74, 6) is 0.371. The summed E-state index contributed by atoms with van der Waals surface area (Å²) in [6.07, 6.45) is 0. The third-order valence-electron chi connectivity index (χ3n) is 2.19. The SMILES string of the molecule is CC(=O)N1CC(=O)c2cc(Br)oc2C1. The number of furan rings is 1. The third kappa shape index (κ3) is 1.48. The lowest BCUT2D eigenvalue weighted by Gasteiger charge is -2.23. The van der Waals surface area contributed by atoms with E-state index in [1.165, 1.54) is 11.8 Å². The van der Waals surface area contributed by atoms with Crippen molar-refractivity contribution in [1.29, 1.82) is 0 Å².